The van der Waals surface area contributed by atoms with Crippen molar-refractivity contribution >= 4 is 27.5 Å². The number of halogens is 1. The number of hydrogen-bond donors (Lipinski definition) is 1. The average Bonchev–Trinajstić information content (AvgIpc) is 2.61. The standard InChI is InChI=1S/C13H17BrN2O/c1-13(2)7-4-8-16(13)12(17)9-5-3-6-10(15)11(9)14/h3,5-6H,4,7-8,15H2,1-2H3. The minimum Gasteiger partial charge on any atom is -0.398 e. The molecule has 3 nitrogen and oxygen atoms in total. The van der Waals surface area contributed by atoms with Gasteiger partial charge in [-0.25, -0.2) is 0 Å². The Hall–Kier alpha value is -1.03. The molecule has 1 aliphatic rings. The van der Waals surface area contributed by atoms with Gasteiger partial charge in [0.1, 0.15) is 0 Å². The largest absolute Gasteiger partial charge is 0.398 e. The number of benzene rings is 1. The van der Waals surface area contributed by atoms with Crippen molar-refractivity contribution in [3.8, 4) is 0 Å². The fourth-order valence-electron chi connectivity index (χ4n) is 2.34. The van der Waals surface area contributed by atoms with Crippen molar-refractivity contribution in [3.05, 3.63) is 28.2 Å². The summed E-state index contributed by atoms with van der Waals surface area (Å²) in [7, 11) is 0. The lowest BCUT2D eigenvalue weighted by atomic mass is 10.0. The second-order valence-electron chi connectivity index (χ2n) is 5.08. The molecule has 2 N–H and O–H groups in total. The van der Waals surface area contributed by atoms with Crippen LogP contribution in [0.4, 0.5) is 5.69 Å². The van der Waals surface area contributed by atoms with E-state index < -0.39 is 0 Å². The van der Waals surface area contributed by atoms with Gasteiger partial charge in [0.25, 0.3) is 5.91 Å². The molecule has 2 rings (SSSR count). The van der Waals surface area contributed by atoms with Crippen LogP contribution >= 0.6 is 15.9 Å². The molecule has 1 saturated heterocycles. The summed E-state index contributed by atoms with van der Waals surface area (Å²) in [6, 6.07) is 5.42. The first-order valence-electron chi connectivity index (χ1n) is 5.79. The molecule has 0 saturated carbocycles. The summed E-state index contributed by atoms with van der Waals surface area (Å²) in [5.74, 6) is 0.0617. The minimum atomic E-state index is -0.0544. The Morgan fingerprint density at radius 1 is 1.47 bits per heavy atom. The van der Waals surface area contributed by atoms with Crippen LogP contribution in [0.3, 0.4) is 0 Å². The number of carbonyl (C=O) groups is 1. The third kappa shape index (κ3) is 2.18. The maximum atomic E-state index is 12.5. The summed E-state index contributed by atoms with van der Waals surface area (Å²) in [6.45, 7) is 5.04. The molecule has 0 bridgehead atoms. The third-order valence-corrected chi connectivity index (χ3v) is 4.29. The van der Waals surface area contributed by atoms with E-state index in [1.54, 1.807) is 6.07 Å². The molecule has 1 heterocycles. The van der Waals surface area contributed by atoms with Gasteiger partial charge in [0, 0.05) is 17.8 Å². The van der Waals surface area contributed by atoms with E-state index in [-0.39, 0.29) is 11.4 Å². The highest BCUT2D eigenvalue weighted by molar-refractivity contribution is 9.10. The van der Waals surface area contributed by atoms with E-state index in [0.717, 1.165) is 19.4 Å². The molecule has 1 aliphatic heterocycles. The van der Waals surface area contributed by atoms with Gasteiger partial charge in [-0.2, -0.15) is 0 Å². The van der Waals surface area contributed by atoms with Crippen molar-refractivity contribution in [2.24, 2.45) is 0 Å². The number of rotatable bonds is 1. The lowest BCUT2D eigenvalue weighted by molar-refractivity contribution is 0.0651. The van der Waals surface area contributed by atoms with Crippen LogP contribution in [0.2, 0.25) is 0 Å². The summed E-state index contributed by atoms with van der Waals surface area (Å²) in [4.78, 5) is 14.4. The number of nitrogen functional groups attached to an aromatic ring is 1. The van der Waals surface area contributed by atoms with Gasteiger partial charge in [0.05, 0.1) is 10.0 Å². The quantitative estimate of drug-likeness (QED) is 0.810. The molecule has 0 spiro atoms. The number of likely N-dealkylation sites (tertiary alicyclic amines) is 1. The Kier molecular flexibility index (Phi) is 3.17. The summed E-state index contributed by atoms with van der Waals surface area (Å²) in [6.07, 6.45) is 2.12. The van der Waals surface area contributed by atoms with E-state index in [1.807, 2.05) is 17.0 Å². The first kappa shape index (κ1) is 12.4. The second-order valence-corrected chi connectivity index (χ2v) is 5.87. The summed E-state index contributed by atoms with van der Waals surface area (Å²) in [5, 5.41) is 0. The normalized spacial score (nSPS) is 18.4. The number of nitrogens with zero attached hydrogens (tertiary/aromatic N) is 1. The molecule has 0 unspecified atom stereocenters. The first-order chi connectivity index (χ1) is 7.93. The maximum absolute atomic E-state index is 12.5. The molecule has 0 atom stereocenters. The van der Waals surface area contributed by atoms with E-state index in [4.69, 9.17) is 5.73 Å². The van der Waals surface area contributed by atoms with Crippen LogP contribution < -0.4 is 5.73 Å². The monoisotopic (exact) mass is 296 g/mol. The highest BCUT2D eigenvalue weighted by Gasteiger charge is 2.36. The van der Waals surface area contributed by atoms with Crippen molar-refractivity contribution < 1.29 is 4.79 Å². The van der Waals surface area contributed by atoms with Crippen LogP contribution in [0.1, 0.15) is 37.0 Å². The molecule has 1 aromatic carbocycles. The van der Waals surface area contributed by atoms with Gasteiger partial charge in [-0.1, -0.05) is 6.07 Å². The van der Waals surface area contributed by atoms with Crippen LogP contribution in [0, 0.1) is 0 Å². The van der Waals surface area contributed by atoms with Gasteiger partial charge >= 0.3 is 0 Å². The van der Waals surface area contributed by atoms with Crippen LogP contribution in [-0.4, -0.2) is 22.9 Å². The number of carbonyl (C=O) groups excluding carboxylic acids is 1. The lowest BCUT2D eigenvalue weighted by Gasteiger charge is -2.32. The minimum absolute atomic E-state index is 0.0544. The first-order valence-corrected chi connectivity index (χ1v) is 6.59. The van der Waals surface area contributed by atoms with E-state index in [1.165, 1.54) is 0 Å². The van der Waals surface area contributed by atoms with Gasteiger partial charge in [0.2, 0.25) is 0 Å². The number of amides is 1. The SMILES string of the molecule is CC1(C)CCCN1C(=O)c1cccc(N)c1Br. The molecule has 4 heteroatoms. The second kappa shape index (κ2) is 4.33. The van der Waals surface area contributed by atoms with Crippen LogP contribution in [0.15, 0.2) is 22.7 Å². The molecular weight excluding hydrogens is 280 g/mol. The zero-order valence-corrected chi connectivity index (χ0v) is 11.8. The topological polar surface area (TPSA) is 46.3 Å². The number of hydrogen-bond acceptors (Lipinski definition) is 2. The van der Waals surface area contributed by atoms with Gasteiger partial charge < -0.3 is 10.6 Å². The predicted molar refractivity (Wildman–Crippen MR) is 72.9 cm³/mol. The summed E-state index contributed by atoms with van der Waals surface area (Å²) in [5.41, 5.74) is 7.01. The van der Waals surface area contributed by atoms with Gasteiger partial charge in [-0.05, 0) is 54.8 Å². The maximum Gasteiger partial charge on any atom is 0.255 e. The van der Waals surface area contributed by atoms with E-state index in [0.29, 0.717) is 15.7 Å². The number of nitrogens with two attached hydrogens (primary N) is 1. The third-order valence-electron chi connectivity index (χ3n) is 3.41. The predicted octanol–water partition coefficient (Wildman–Crippen LogP) is 3.05. The molecule has 0 aliphatic carbocycles. The Morgan fingerprint density at radius 2 is 2.18 bits per heavy atom. The Balaban J connectivity index is 2.35. The molecule has 1 fully saturated rings. The van der Waals surface area contributed by atoms with Crippen molar-refractivity contribution in [2.75, 3.05) is 12.3 Å². The van der Waals surface area contributed by atoms with E-state index >= 15 is 0 Å². The van der Waals surface area contributed by atoms with Crippen molar-refractivity contribution in [1.82, 2.24) is 4.90 Å². The highest BCUT2D eigenvalue weighted by atomic mass is 79.9. The number of anilines is 1. The molecule has 92 valence electrons. The molecule has 0 radical (unpaired) electrons. The van der Waals surface area contributed by atoms with Crippen LogP contribution in [0.25, 0.3) is 0 Å². The Bertz CT molecular complexity index is 457. The fourth-order valence-corrected chi connectivity index (χ4v) is 2.78. The van der Waals surface area contributed by atoms with E-state index in [2.05, 4.69) is 29.8 Å². The van der Waals surface area contributed by atoms with Gasteiger partial charge in [0.15, 0.2) is 0 Å². The summed E-state index contributed by atoms with van der Waals surface area (Å²) >= 11 is 3.39. The smallest absolute Gasteiger partial charge is 0.255 e. The molecule has 1 amide bonds. The van der Waals surface area contributed by atoms with Crippen molar-refractivity contribution in [2.45, 2.75) is 32.2 Å². The van der Waals surface area contributed by atoms with E-state index in [9.17, 15) is 4.79 Å². The van der Waals surface area contributed by atoms with Crippen LogP contribution in [-0.2, 0) is 0 Å². The van der Waals surface area contributed by atoms with Crippen molar-refractivity contribution in [3.63, 3.8) is 0 Å². The fraction of sp³-hybridized carbons (Fsp3) is 0.462. The lowest BCUT2D eigenvalue weighted by Crippen LogP contribution is -2.42. The van der Waals surface area contributed by atoms with Crippen molar-refractivity contribution in [1.29, 1.82) is 0 Å². The average molecular weight is 297 g/mol. The summed E-state index contributed by atoms with van der Waals surface area (Å²) < 4.78 is 0.702. The zero-order valence-electron chi connectivity index (χ0n) is 10.2. The zero-order chi connectivity index (χ0) is 12.6. The molecular formula is C13H17BrN2O. The molecule has 0 aromatic heterocycles. The molecule has 1 aromatic rings. The molecule has 17 heavy (non-hydrogen) atoms. The van der Waals surface area contributed by atoms with Gasteiger partial charge in [-0.15, -0.1) is 0 Å². The Labute approximate surface area is 110 Å². The Morgan fingerprint density at radius 3 is 2.76 bits per heavy atom. The highest BCUT2D eigenvalue weighted by Crippen LogP contribution is 2.32. The van der Waals surface area contributed by atoms with Crippen LogP contribution in [0.5, 0.6) is 0 Å². The van der Waals surface area contributed by atoms with Gasteiger partial charge in [-0.3, -0.25) is 4.79 Å².